The van der Waals surface area contributed by atoms with E-state index in [1.54, 1.807) is 43.5 Å². The first-order valence-electron chi connectivity index (χ1n) is 9.21. The van der Waals surface area contributed by atoms with Crippen LogP contribution in [0.3, 0.4) is 0 Å². The molecule has 1 aliphatic rings. The third-order valence-corrected chi connectivity index (χ3v) is 4.70. The van der Waals surface area contributed by atoms with Crippen LogP contribution in [0, 0.1) is 0 Å². The second-order valence-corrected chi connectivity index (χ2v) is 6.44. The number of ether oxygens (including phenoxy) is 1. The third kappa shape index (κ3) is 3.23. The minimum Gasteiger partial charge on any atom is -0.460 e. The van der Waals surface area contributed by atoms with Crippen LogP contribution in [0.5, 0.6) is 0 Å². The fourth-order valence-corrected chi connectivity index (χ4v) is 3.30. The molecule has 0 aliphatic carbocycles. The molecule has 0 fully saturated rings. The quantitative estimate of drug-likeness (QED) is 0.269. The number of esters is 1. The van der Waals surface area contributed by atoms with Crippen molar-refractivity contribution in [1.82, 2.24) is 10.0 Å². The smallest absolute Gasteiger partial charge is 0.379 e. The van der Waals surface area contributed by atoms with Crippen molar-refractivity contribution in [3.8, 4) is 0 Å². The van der Waals surface area contributed by atoms with Gasteiger partial charge in [-0.05, 0) is 37.3 Å². The van der Waals surface area contributed by atoms with Gasteiger partial charge in [0.25, 0.3) is 17.6 Å². The Balaban J connectivity index is 1.69. The standard InChI is InChI=1S/C22H16N2O6/c1-2-29-22(28)19(25)14-9-10-18-13(8-5-11-23-18)17(14)12-30-24-20(26)15-6-3-4-7-16(15)21(24)27/h3-11H,2,12H2,1H3. The lowest BCUT2D eigenvalue weighted by Crippen LogP contribution is -2.30. The zero-order chi connectivity index (χ0) is 21.3. The van der Waals surface area contributed by atoms with E-state index in [0.29, 0.717) is 21.5 Å². The summed E-state index contributed by atoms with van der Waals surface area (Å²) in [6, 6.07) is 12.8. The van der Waals surface area contributed by atoms with Crippen molar-refractivity contribution in [3.63, 3.8) is 0 Å². The summed E-state index contributed by atoms with van der Waals surface area (Å²) in [5.74, 6) is -3.02. The van der Waals surface area contributed by atoms with E-state index in [9.17, 15) is 19.2 Å². The first-order chi connectivity index (χ1) is 14.5. The molecule has 0 bridgehead atoms. The lowest BCUT2D eigenvalue weighted by Gasteiger charge is -2.16. The number of rotatable bonds is 6. The summed E-state index contributed by atoms with van der Waals surface area (Å²) in [7, 11) is 0. The number of carbonyl (C=O) groups excluding carboxylic acids is 4. The van der Waals surface area contributed by atoms with Gasteiger partial charge in [0.05, 0.1) is 23.3 Å². The van der Waals surface area contributed by atoms with Crippen LogP contribution in [0.15, 0.2) is 54.7 Å². The molecule has 30 heavy (non-hydrogen) atoms. The zero-order valence-corrected chi connectivity index (χ0v) is 16.0. The van der Waals surface area contributed by atoms with Gasteiger partial charge in [-0.15, -0.1) is 5.06 Å². The maximum atomic E-state index is 12.6. The molecule has 0 unspecified atom stereocenters. The summed E-state index contributed by atoms with van der Waals surface area (Å²) in [6.07, 6.45) is 1.59. The van der Waals surface area contributed by atoms with Crippen LogP contribution in [-0.2, 0) is 21.0 Å². The molecule has 3 aromatic rings. The summed E-state index contributed by atoms with van der Waals surface area (Å²) in [5.41, 5.74) is 1.44. The van der Waals surface area contributed by atoms with E-state index >= 15 is 0 Å². The van der Waals surface area contributed by atoms with Crippen molar-refractivity contribution in [1.29, 1.82) is 0 Å². The van der Waals surface area contributed by atoms with Gasteiger partial charge in [0.15, 0.2) is 0 Å². The number of Topliss-reactive ketones (excluding diaryl/α,β-unsaturated/α-hetero) is 1. The van der Waals surface area contributed by atoms with E-state index in [2.05, 4.69) is 4.98 Å². The van der Waals surface area contributed by atoms with Crippen LogP contribution in [0.4, 0.5) is 0 Å². The normalized spacial score (nSPS) is 12.9. The highest BCUT2D eigenvalue weighted by atomic mass is 16.7. The number of nitrogens with zero attached hydrogens (tertiary/aromatic N) is 2. The molecule has 2 amide bonds. The minimum atomic E-state index is -0.997. The van der Waals surface area contributed by atoms with E-state index in [0.717, 1.165) is 0 Å². The van der Waals surface area contributed by atoms with Crippen LogP contribution < -0.4 is 0 Å². The van der Waals surface area contributed by atoms with Gasteiger partial charge in [-0.1, -0.05) is 18.2 Å². The van der Waals surface area contributed by atoms with Gasteiger partial charge in [0.1, 0.15) is 6.61 Å². The number of amides is 2. The van der Waals surface area contributed by atoms with Crippen molar-refractivity contribution in [3.05, 3.63) is 77.0 Å². The van der Waals surface area contributed by atoms with Gasteiger partial charge >= 0.3 is 5.97 Å². The molecule has 8 heteroatoms. The Labute approximate surface area is 171 Å². The molecular formula is C22H16N2O6. The van der Waals surface area contributed by atoms with E-state index < -0.39 is 23.6 Å². The third-order valence-electron chi connectivity index (χ3n) is 4.70. The average molecular weight is 404 g/mol. The molecule has 2 aromatic carbocycles. The lowest BCUT2D eigenvalue weighted by atomic mass is 9.99. The molecule has 0 radical (unpaired) electrons. The highest BCUT2D eigenvalue weighted by Gasteiger charge is 2.37. The predicted molar refractivity (Wildman–Crippen MR) is 104 cm³/mol. The second-order valence-electron chi connectivity index (χ2n) is 6.44. The Morgan fingerprint density at radius 1 is 0.967 bits per heavy atom. The Morgan fingerprint density at radius 3 is 2.33 bits per heavy atom. The Kier molecular flexibility index (Phi) is 5.07. The Hall–Kier alpha value is -3.91. The molecule has 8 nitrogen and oxygen atoms in total. The molecule has 0 N–H and O–H groups in total. The van der Waals surface area contributed by atoms with Crippen LogP contribution in [0.2, 0.25) is 0 Å². The number of hydrogen-bond donors (Lipinski definition) is 0. The van der Waals surface area contributed by atoms with Crippen molar-refractivity contribution in [2.24, 2.45) is 0 Å². The highest BCUT2D eigenvalue weighted by molar-refractivity contribution is 6.41. The first kappa shape index (κ1) is 19.4. The van der Waals surface area contributed by atoms with Crippen LogP contribution in [-0.4, -0.2) is 40.2 Å². The second kappa shape index (κ2) is 7.84. The fourth-order valence-electron chi connectivity index (χ4n) is 3.30. The minimum absolute atomic E-state index is 0.0561. The molecule has 4 rings (SSSR count). The maximum Gasteiger partial charge on any atom is 0.379 e. The molecule has 0 saturated carbocycles. The molecular weight excluding hydrogens is 388 g/mol. The Morgan fingerprint density at radius 2 is 1.67 bits per heavy atom. The van der Waals surface area contributed by atoms with Gasteiger partial charge in [0.2, 0.25) is 0 Å². The van der Waals surface area contributed by atoms with Gasteiger partial charge in [-0.2, -0.15) is 0 Å². The molecule has 1 aliphatic heterocycles. The summed E-state index contributed by atoms with van der Waals surface area (Å²) in [5, 5.41) is 1.22. The van der Waals surface area contributed by atoms with Crippen molar-refractivity contribution < 1.29 is 28.8 Å². The number of carbonyl (C=O) groups is 4. The van der Waals surface area contributed by atoms with Crippen LogP contribution in [0.1, 0.15) is 43.6 Å². The van der Waals surface area contributed by atoms with Crippen LogP contribution in [0.25, 0.3) is 10.9 Å². The number of ketones is 1. The molecule has 0 atom stereocenters. The summed E-state index contributed by atoms with van der Waals surface area (Å²) >= 11 is 0. The molecule has 150 valence electrons. The van der Waals surface area contributed by atoms with Crippen LogP contribution >= 0.6 is 0 Å². The van der Waals surface area contributed by atoms with Gasteiger partial charge < -0.3 is 4.74 Å². The lowest BCUT2D eigenvalue weighted by molar-refractivity contribution is -0.137. The summed E-state index contributed by atoms with van der Waals surface area (Å²) in [6.45, 7) is 1.36. The van der Waals surface area contributed by atoms with E-state index in [1.165, 1.54) is 18.2 Å². The molecule has 0 spiro atoms. The number of fused-ring (bicyclic) bond motifs is 2. The number of hydroxylamine groups is 2. The van der Waals surface area contributed by atoms with Gasteiger partial charge in [-0.25, -0.2) is 4.79 Å². The Bertz CT molecular complexity index is 1170. The SMILES string of the molecule is CCOC(=O)C(=O)c1ccc2ncccc2c1CON1C(=O)c2ccccc2C1=O. The topological polar surface area (TPSA) is 103 Å². The monoisotopic (exact) mass is 404 g/mol. The number of imide groups is 1. The van der Waals surface area contributed by atoms with Gasteiger partial charge in [0, 0.05) is 22.7 Å². The predicted octanol–water partition coefficient (Wildman–Crippen LogP) is 2.71. The number of benzene rings is 2. The van der Waals surface area contributed by atoms with Crippen molar-refractivity contribution >= 4 is 34.5 Å². The first-order valence-corrected chi connectivity index (χ1v) is 9.21. The maximum absolute atomic E-state index is 12.6. The zero-order valence-electron chi connectivity index (χ0n) is 16.0. The highest BCUT2D eigenvalue weighted by Crippen LogP contribution is 2.27. The van der Waals surface area contributed by atoms with Gasteiger partial charge in [-0.3, -0.25) is 24.2 Å². The van der Waals surface area contributed by atoms with E-state index in [4.69, 9.17) is 9.57 Å². The molecule has 0 saturated heterocycles. The molecule has 2 heterocycles. The average Bonchev–Trinajstić information content (AvgIpc) is 3.01. The van der Waals surface area contributed by atoms with Crippen molar-refractivity contribution in [2.45, 2.75) is 13.5 Å². The number of hydrogen-bond acceptors (Lipinski definition) is 7. The molecule has 1 aromatic heterocycles. The fraction of sp³-hybridized carbons (Fsp3) is 0.136. The number of pyridine rings is 1. The number of aromatic nitrogens is 1. The van der Waals surface area contributed by atoms with E-state index in [-0.39, 0.29) is 29.9 Å². The largest absolute Gasteiger partial charge is 0.460 e. The summed E-state index contributed by atoms with van der Waals surface area (Å²) < 4.78 is 4.82. The van der Waals surface area contributed by atoms with E-state index in [1.807, 2.05) is 0 Å². The van der Waals surface area contributed by atoms with Crippen molar-refractivity contribution in [2.75, 3.05) is 6.61 Å². The summed E-state index contributed by atoms with van der Waals surface area (Å²) in [4.78, 5) is 59.4.